The van der Waals surface area contributed by atoms with E-state index >= 15 is 0 Å². The number of hydrogen-bond acceptors (Lipinski definition) is 4. The summed E-state index contributed by atoms with van der Waals surface area (Å²) in [7, 11) is 0. The maximum absolute atomic E-state index is 5.50. The Morgan fingerprint density at radius 3 is 2.71 bits per heavy atom. The van der Waals surface area contributed by atoms with Crippen LogP contribution in [0, 0.1) is 0 Å². The number of nitrogens with two attached hydrogens (primary N) is 1. The number of hydrogen-bond donors (Lipinski definition) is 1. The second kappa shape index (κ2) is 3.03. The molecule has 2 heterocycles. The second-order valence-electron chi connectivity index (χ2n) is 4.32. The molecule has 0 aliphatic carbocycles. The van der Waals surface area contributed by atoms with E-state index in [2.05, 4.69) is 30.9 Å². The number of nitrogens with zero attached hydrogens (tertiary/aromatic N) is 3. The largest absolute Gasteiger partial charge is 0.325 e. The van der Waals surface area contributed by atoms with E-state index in [1.165, 1.54) is 0 Å². The third kappa shape index (κ3) is 1.53. The van der Waals surface area contributed by atoms with E-state index in [4.69, 9.17) is 5.73 Å². The van der Waals surface area contributed by atoms with Crippen LogP contribution < -0.4 is 5.73 Å². The van der Waals surface area contributed by atoms with Gasteiger partial charge in [0.05, 0.1) is 11.9 Å². The Hall–Kier alpha value is -0.940. The van der Waals surface area contributed by atoms with Gasteiger partial charge in [-0.15, -0.1) is 0 Å². The van der Waals surface area contributed by atoms with Gasteiger partial charge in [-0.25, -0.2) is 9.50 Å². The first-order chi connectivity index (χ1) is 6.50. The third-order valence-electron chi connectivity index (χ3n) is 1.94. The summed E-state index contributed by atoms with van der Waals surface area (Å²) in [6.07, 6.45) is 1.89. The average molecular weight is 210 g/mol. The minimum atomic E-state index is 0.0915. The van der Waals surface area contributed by atoms with Crippen LogP contribution in [0.2, 0.25) is 0 Å². The minimum Gasteiger partial charge on any atom is -0.325 e. The molecule has 0 aliphatic rings. The molecule has 0 aromatic carbocycles. The number of fused-ring (bicyclic) bond motifs is 1. The summed E-state index contributed by atoms with van der Waals surface area (Å²) in [5, 5.41) is 5.57. The van der Waals surface area contributed by atoms with Crippen LogP contribution in [0.3, 0.4) is 0 Å². The molecule has 0 saturated heterocycles. The number of imidazole rings is 1. The fraction of sp³-hybridized carbons (Fsp3) is 0.556. The van der Waals surface area contributed by atoms with Crippen molar-refractivity contribution in [2.75, 3.05) is 0 Å². The molecule has 2 rings (SSSR count). The van der Waals surface area contributed by atoms with Gasteiger partial charge in [-0.2, -0.15) is 5.10 Å². The van der Waals surface area contributed by atoms with Gasteiger partial charge in [0.25, 0.3) is 0 Å². The van der Waals surface area contributed by atoms with E-state index < -0.39 is 0 Å². The fourth-order valence-electron chi connectivity index (χ4n) is 1.15. The van der Waals surface area contributed by atoms with E-state index in [0.717, 1.165) is 15.7 Å². The fourth-order valence-corrected chi connectivity index (χ4v) is 2.10. The Balaban J connectivity index is 2.49. The van der Waals surface area contributed by atoms with Crippen molar-refractivity contribution in [2.45, 2.75) is 32.7 Å². The van der Waals surface area contributed by atoms with Crippen LogP contribution in [0.25, 0.3) is 4.96 Å². The molecule has 76 valence electrons. The standard InChI is InChI=1S/C9H14N4S/c1-9(2,3)7-12-13-5-6(4-10)11-8(13)14-7/h5H,4,10H2,1-3H3. The molecule has 2 aromatic rings. The topological polar surface area (TPSA) is 56.2 Å². The van der Waals surface area contributed by atoms with E-state index in [1.54, 1.807) is 11.3 Å². The summed E-state index contributed by atoms with van der Waals surface area (Å²) in [5.74, 6) is 0. The molecule has 14 heavy (non-hydrogen) atoms. The predicted molar refractivity (Wildman–Crippen MR) is 57.5 cm³/mol. The van der Waals surface area contributed by atoms with Gasteiger partial charge in [-0.3, -0.25) is 0 Å². The summed E-state index contributed by atoms with van der Waals surface area (Å²) in [4.78, 5) is 5.29. The van der Waals surface area contributed by atoms with Crippen molar-refractivity contribution in [3.63, 3.8) is 0 Å². The molecule has 2 N–H and O–H groups in total. The summed E-state index contributed by atoms with van der Waals surface area (Å²) in [5.41, 5.74) is 6.48. The average Bonchev–Trinajstić information content (AvgIpc) is 2.56. The summed E-state index contributed by atoms with van der Waals surface area (Å²) in [6, 6.07) is 0. The van der Waals surface area contributed by atoms with Crippen molar-refractivity contribution in [2.24, 2.45) is 5.73 Å². The van der Waals surface area contributed by atoms with Gasteiger partial charge < -0.3 is 5.73 Å². The summed E-state index contributed by atoms with van der Waals surface area (Å²) >= 11 is 1.63. The van der Waals surface area contributed by atoms with Gasteiger partial charge in [-0.05, 0) is 0 Å². The van der Waals surface area contributed by atoms with Crippen molar-refractivity contribution in [1.82, 2.24) is 14.6 Å². The van der Waals surface area contributed by atoms with Crippen LogP contribution in [-0.2, 0) is 12.0 Å². The molecule has 5 heteroatoms. The lowest BCUT2D eigenvalue weighted by Crippen LogP contribution is -2.10. The zero-order valence-electron chi connectivity index (χ0n) is 8.61. The van der Waals surface area contributed by atoms with Crippen LogP contribution in [0.1, 0.15) is 31.5 Å². The SMILES string of the molecule is CC(C)(C)c1nn2cc(CN)nc2s1. The van der Waals surface area contributed by atoms with Gasteiger partial charge in [0.2, 0.25) is 4.96 Å². The Bertz CT molecular complexity index is 417. The van der Waals surface area contributed by atoms with Crippen LogP contribution in [0.5, 0.6) is 0 Å². The molecule has 4 nitrogen and oxygen atoms in total. The highest BCUT2D eigenvalue weighted by Crippen LogP contribution is 2.26. The normalized spacial score (nSPS) is 12.6. The van der Waals surface area contributed by atoms with Crippen molar-refractivity contribution >= 4 is 16.3 Å². The van der Waals surface area contributed by atoms with E-state index in [9.17, 15) is 0 Å². The lowest BCUT2D eigenvalue weighted by molar-refractivity contribution is 0.574. The van der Waals surface area contributed by atoms with Crippen LogP contribution in [0.15, 0.2) is 6.20 Å². The highest BCUT2D eigenvalue weighted by Gasteiger charge is 2.19. The highest BCUT2D eigenvalue weighted by atomic mass is 32.1. The third-order valence-corrected chi connectivity index (χ3v) is 3.29. The second-order valence-corrected chi connectivity index (χ2v) is 5.28. The van der Waals surface area contributed by atoms with Crippen LogP contribution in [-0.4, -0.2) is 14.6 Å². The van der Waals surface area contributed by atoms with Gasteiger partial charge in [0.1, 0.15) is 5.01 Å². The quantitative estimate of drug-likeness (QED) is 0.777. The maximum Gasteiger partial charge on any atom is 0.212 e. The minimum absolute atomic E-state index is 0.0915. The van der Waals surface area contributed by atoms with Gasteiger partial charge in [0.15, 0.2) is 0 Å². The van der Waals surface area contributed by atoms with Crippen molar-refractivity contribution in [3.8, 4) is 0 Å². The summed E-state index contributed by atoms with van der Waals surface area (Å²) in [6.45, 7) is 6.92. The van der Waals surface area contributed by atoms with E-state index in [1.807, 2.05) is 10.7 Å². The first-order valence-corrected chi connectivity index (χ1v) is 5.38. The molecular weight excluding hydrogens is 196 g/mol. The molecule has 0 fully saturated rings. The zero-order chi connectivity index (χ0) is 10.3. The lowest BCUT2D eigenvalue weighted by Gasteiger charge is -2.12. The Labute approximate surface area is 86.8 Å². The molecular formula is C9H14N4S. The van der Waals surface area contributed by atoms with E-state index in [-0.39, 0.29) is 5.41 Å². The lowest BCUT2D eigenvalue weighted by atomic mass is 9.98. The first kappa shape index (κ1) is 9.61. The molecule has 0 radical (unpaired) electrons. The first-order valence-electron chi connectivity index (χ1n) is 4.56. The maximum atomic E-state index is 5.50. The molecule has 0 aliphatic heterocycles. The summed E-state index contributed by atoms with van der Waals surface area (Å²) < 4.78 is 1.81. The smallest absolute Gasteiger partial charge is 0.212 e. The molecule has 0 amide bonds. The monoisotopic (exact) mass is 210 g/mol. The molecule has 0 saturated carbocycles. The molecule has 0 atom stereocenters. The Morgan fingerprint density at radius 2 is 2.21 bits per heavy atom. The van der Waals surface area contributed by atoms with Gasteiger partial charge in [0, 0.05) is 12.0 Å². The molecule has 0 bridgehead atoms. The predicted octanol–water partition coefficient (Wildman–Crippen LogP) is 1.55. The van der Waals surface area contributed by atoms with Crippen molar-refractivity contribution in [3.05, 3.63) is 16.9 Å². The van der Waals surface area contributed by atoms with Gasteiger partial charge >= 0.3 is 0 Å². The number of rotatable bonds is 1. The van der Waals surface area contributed by atoms with Crippen molar-refractivity contribution in [1.29, 1.82) is 0 Å². The van der Waals surface area contributed by atoms with Crippen molar-refractivity contribution < 1.29 is 0 Å². The van der Waals surface area contributed by atoms with Crippen LogP contribution >= 0.6 is 11.3 Å². The Morgan fingerprint density at radius 1 is 1.50 bits per heavy atom. The molecule has 0 unspecified atom stereocenters. The van der Waals surface area contributed by atoms with Crippen LogP contribution in [0.4, 0.5) is 0 Å². The zero-order valence-corrected chi connectivity index (χ0v) is 9.43. The Kier molecular flexibility index (Phi) is 2.08. The number of aromatic nitrogens is 3. The molecule has 2 aromatic heterocycles. The highest BCUT2D eigenvalue weighted by molar-refractivity contribution is 7.16. The molecule has 0 spiro atoms. The van der Waals surface area contributed by atoms with Gasteiger partial charge in [-0.1, -0.05) is 32.1 Å². The van der Waals surface area contributed by atoms with E-state index in [0.29, 0.717) is 6.54 Å².